The van der Waals surface area contributed by atoms with E-state index in [1.54, 1.807) is 11.3 Å². The van der Waals surface area contributed by atoms with Gasteiger partial charge in [0.05, 0.1) is 5.54 Å². The van der Waals surface area contributed by atoms with Gasteiger partial charge in [-0.05, 0) is 33.0 Å². The molecule has 0 radical (unpaired) electrons. The largest absolute Gasteiger partial charge is 0.305 e. The Balaban J connectivity index is 2.23. The van der Waals surface area contributed by atoms with Crippen LogP contribution in [0.3, 0.4) is 0 Å². The van der Waals surface area contributed by atoms with Crippen LogP contribution in [0.15, 0.2) is 11.6 Å². The molecule has 0 bridgehead atoms. The van der Waals surface area contributed by atoms with Gasteiger partial charge < -0.3 is 10.2 Å². The minimum atomic E-state index is 0.107. The standard InChI is InChI=1S/C11H19N3S/c1-3-13-11(10-12-6-8-15-10)5-4-7-14(2)9-11/h6,8,13H,3-5,7,9H2,1-2H3. The van der Waals surface area contributed by atoms with Gasteiger partial charge in [0.2, 0.25) is 0 Å². The highest BCUT2D eigenvalue weighted by Gasteiger charge is 2.37. The molecule has 1 fully saturated rings. The van der Waals surface area contributed by atoms with Crippen molar-refractivity contribution < 1.29 is 0 Å². The molecule has 0 amide bonds. The molecule has 0 aromatic carbocycles. The van der Waals surface area contributed by atoms with Crippen LogP contribution >= 0.6 is 11.3 Å². The molecule has 0 aliphatic carbocycles. The van der Waals surface area contributed by atoms with E-state index in [1.165, 1.54) is 24.4 Å². The maximum atomic E-state index is 4.49. The molecule has 1 saturated heterocycles. The highest BCUT2D eigenvalue weighted by molar-refractivity contribution is 7.09. The molecule has 4 heteroatoms. The van der Waals surface area contributed by atoms with Crippen LogP contribution in [0, 0.1) is 0 Å². The van der Waals surface area contributed by atoms with Gasteiger partial charge in [0.15, 0.2) is 0 Å². The number of likely N-dealkylation sites (tertiary alicyclic amines) is 1. The van der Waals surface area contributed by atoms with Crippen molar-refractivity contribution >= 4 is 11.3 Å². The Kier molecular flexibility index (Phi) is 3.38. The topological polar surface area (TPSA) is 28.2 Å². The molecular weight excluding hydrogens is 206 g/mol. The third kappa shape index (κ3) is 2.22. The quantitative estimate of drug-likeness (QED) is 0.848. The second-order valence-corrected chi connectivity index (χ2v) is 5.19. The second-order valence-electron chi connectivity index (χ2n) is 4.29. The van der Waals surface area contributed by atoms with Crippen LogP contribution in [0.2, 0.25) is 0 Å². The number of nitrogens with one attached hydrogen (secondary N) is 1. The van der Waals surface area contributed by atoms with E-state index in [-0.39, 0.29) is 5.54 Å². The van der Waals surface area contributed by atoms with E-state index in [1.807, 2.05) is 6.20 Å². The molecular formula is C11H19N3S. The summed E-state index contributed by atoms with van der Waals surface area (Å²) in [6.45, 7) is 5.46. The first-order chi connectivity index (χ1) is 7.27. The molecule has 1 N–H and O–H groups in total. The zero-order chi connectivity index (χ0) is 10.7. The van der Waals surface area contributed by atoms with E-state index in [9.17, 15) is 0 Å². The minimum Gasteiger partial charge on any atom is -0.305 e. The van der Waals surface area contributed by atoms with Gasteiger partial charge in [-0.2, -0.15) is 0 Å². The number of hydrogen-bond donors (Lipinski definition) is 1. The summed E-state index contributed by atoms with van der Waals surface area (Å²) in [5.74, 6) is 0. The number of hydrogen-bond acceptors (Lipinski definition) is 4. The van der Waals surface area contributed by atoms with Gasteiger partial charge in [0.1, 0.15) is 5.01 Å². The van der Waals surface area contributed by atoms with E-state index in [0.29, 0.717) is 0 Å². The number of nitrogens with zero attached hydrogens (tertiary/aromatic N) is 2. The molecule has 2 heterocycles. The summed E-state index contributed by atoms with van der Waals surface area (Å²) < 4.78 is 0. The molecule has 1 aromatic rings. The monoisotopic (exact) mass is 225 g/mol. The fourth-order valence-corrected chi connectivity index (χ4v) is 3.30. The van der Waals surface area contributed by atoms with Gasteiger partial charge in [-0.1, -0.05) is 6.92 Å². The molecule has 1 aliphatic heterocycles. The molecule has 1 aliphatic rings. The number of thiazole rings is 1. The average Bonchev–Trinajstić information content (AvgIpc) is 2.71. The lowest BCUT2D eigenvalue weighted by molar-refractivity contribution is 0.145. The van der Waals surface area contributed by atoms with Gasteiger partial charge in [-0.25, -0.2) is 4.98 Å². The van der Waals surface area contributed by atoms with Gasteiger partial charge >= 0.3 is 0 Å². The molecule has 1 unspecified atom stereocenters. The lowest BCUT2D eigenvalue weighted by atomic mass is 9.89. The minimum absolute atomic E-state index is 0.107. The summed E-state index contributed by atoms with van der Waals surface area (Å²) in [5.41, 5.74) is 0.107. The maximum Gasteiger partial charge on any atom is 0.114 e. The van der Waals surface area contributed by atoms with Gasteiger partial charge in [0.25, 0.3) is 0 Å². The normalized spacial score (nSPS) is 28.1. The van der Waals surface area contributed by atoms with Gasteiger partial charge in [0, 0.05) is 18.1 Å². The summed E-state index contributed by atoms with van der Waals surface area (Å²) in [6.07, 6.45) is 4.37. The third-order valence-electron chi connectivity index (χ3n) is 3.04. The van der Waals surface area contributed by atoms with Crippen molar-refractivity contribution in [1.82, 2.24) is 15.2 Å². The van der Waals surface area contributed by atoms with Crippen molar-refractivity contribution in [3.05, 3.63) is 16.6 Å². The lowest BCUT2D eigenvalue weighted by Gasteiger charge is -2.40. The Bertz CT molecular complexity index is 295. The summed E-state index contributed by atoms with van der Waals surface area (Å²) >= 11 is 1.77. The average molecular weight is 225 g/mol. The predicted molar refractivity (Wildman–Crippen MR) is 64.2 cm³/mol. The highest BCUT2D eigenvalue weighted by atomic mass is 32.1. The molecule has 2 rings (SSSR count). The first kappa shape index (κ1) is 11.0. The number of piperidine rings is 1. The van der Waals surface area contributed by atoms with Crippen LogP contribution in [-0.2, 0) is 5.54 Å². The smallest absolute Gasteiger partial charge is 0.114 e. The van der Waals surface area contributed by atoms with E-state index in [4.69, 9.17) is 0 Å². The van der Waals surface area contributed by atoms with Crippen molar-refractivity contribution in [1.29, 1.82) is 0 Å². The Morgan fingerprint density at radius 3 is 3.13 bits per heavy atom. The highest BCUT2D eigenvalue weighted by Crippen LogP contribution is 2.32. The fourth-order valence-electron chi connectivity index (χ4n) is 2.46. The van der Waals surface area contributed by atoms with Crippen LogP contribution in [0.5, 0.6) is 0 Å². The second kappa shape index (κ2) is 4.60. The van der Waals surface area contributed by atoms with Crippen LogP contribution in [0.1, 0.15) is 24.8 Å². The summed E-state index contributed by atoms with van der Waals surface area (Å²) in [4.78, 5) is 6.89. The molecule has 0 saturated carbocycles. The summed E-state index contributed by atoms with van der Waals surface area (Å²) in [5, 5.41) is 6.96. The zero-order valence-corrected chi connectivity index (χ0v) is 10.3. The number of aromatic nitrogens is 1. The fraction of sp³-hybridized carbons (Fsp3) is 0.727. The lowest BCUT2D eigenvalue weighted by Crippen LogP contribution is -2.53. The van der Waals surface area contributed by atoms with Crippen molar-refractivity contribution in [2.24, 2.45) is 0 Å². The van der Waals surface area contributed by atoms with Crippen LogP contribution in [0.25, 0.3) is 0 Å². The van der Waals surface area contributed by atoms with Crippen molar-refractivity contribution in [2.75, 3.05) is 26.7 Å². The number of rotatable bonds is 3. The van der Waals surface area contributed by atoms with Crippen molar-refractivity contribution in [3.63, 3.8) is 0 Å². The zero-order valence-electron chi connectivity index (χ0n) is 9.49. The first-order valence-corrected chi connectivity index (χ1v) is 6.48. The van der Waals surface area contributed by atoms with Crippen LogP contribution in [0.4, 0.5) is 0 Å². The van der Waals surface area contributed by atoms with E-state index in [0.717, 1.165) is 13.1 Å². The third-order valence-corrected chi connectivity index (χ3v) is 4.02. The van der Waals surface area contributed by atoms with Gasteiger partial charge in [-0.15, -0.1) is 11.3 Å². The molecule has 1 atom stereocenters. The SMILES string of the molecule is CCNC1(c2nccs2)CCCN(C)C1. The van der Waals surface area contributed by atoms with Gasteiger partial charge in [-0.3, -0.25) is 0 Å². The van der Waals surface area contributed by atoms with Crippen molar-refractivity contribution in [2.45, 2.75) is 25.3 Å². The molecule has 3 nitrogen and oxygen atoms in total. The van der Waals surface area contributed by atoms with Crippen molar-refractivity contribution in [3.8, 4) is 0 Å². The van der Waals surface area contributed by atoms with E-state index >= 15 is 0 Å². The summed E-state index contributed by atoms with van der Waals surface area (Å²) in [6, 6.07) is 0. The molecule has 1 aromatic heterocycles. The Labute approximate surface area is 95.5 Å². The predicted octanol–water partition coefficient (Wildman–Crippen LogP) is 1.67. The van der Waals surface area contributed by atoms with Crippen LogP contribution < -0.4 is 5.32 Å². The summed E-state index contributed by atoms with van der Waals surface area (Å²) in [7, 11) is 2.19. The van der Waals surface area contributed by atoms with E-state index < -0.39 is 0 Å². The maximum absolute atomic E-state index is 4.49. The molecule has 15 heavy (non-hydrogen) atoms. The Morgan fingerprint density at radius 1 is 1.67 bits per heavy atom. The molecule has 84 valence electrons. The van der Waals surface area contributed by atoms with Crippen LogP contribution in [-0.4, -0.2) is 36.6 Å². The molecule has 0 spiro atoms. The first-order valence-electron chi connectivity index (χ1n) is 5.60. The number of likely N-dealkylation sites (N-methyl/N-ethyl adjacent to an activating group) is 2. The Morgan fingerprint density at radius 2 is 2.53 bits per heavy atom. The Hall–Kier alpha value is -0.450. The van der Waals surface area contributed by atoms with E-state index in [2.05, 4.69) is 34.6 Å².